The van der Waals surface area contributed by atoms with Crippen molar-refractivity contribution in [2.24, 2.45) is 5.18 Å². The lowest BCUT2D eigenvalue weighted by molar-refractivity contribution is -0.131. The Balaban J connectivity index is 2.69. The first-order valence-corrected chi connectivity index (χ1v) is 4.99. The van der Waals surface area contributed by atoms with Crippen molar-refractivity contribution in [1.29, 1.82) is 0 Å². The fourth-order valence-corrected chi connectivity index (χ4v) is 0.889. The standard InChI is InChI=1S/C8H6INO3/c9-5-8(11)13-7-3-1-6(10-12)2-4-7/h1-4H,5H2. The zero-order valence-corrected chi connectivity index (χ0v) is 8.72. The second-order valence-corrected chi connectivity index (χ2v) is 2.96. The Morgan fingerprint density at radius 2 is 2.00 bits per heavy atom. The van der Waals surface area contributed by atoms with Crippen LogP contribution in [0.2, 0.25) is 0 Å². The summed E-state index contributed by atoms with van der Waals surface area (Å²) in [5, 5.41) is 2.72. The second kappa shape index (κ2) is 4.90. The molecule has 0 atom stereocenters. The summed E-state index contributed by atoms with van der Waals surface area (Å²) < 4.78 is 5.17. The van der Waals surface area contributed by atoms with E-state index in [2.05, 4.69) is 5.18 Å². The topological polar surface area (TPSA) is 55.7 Å². The molecule has 0 aromatic heterocycles. The molecule has 0 heterocycles. The minimum Gasteiger partial charge on any atom is -0.426 e. The summed E-state index contributed by atoms with van der Waals surface area (Å²) in [4.78, 5) is 20.9. The second-order valence-electron chi connectivity index (χ2n) is 2.19. The first-order chi connectivity index (χ1) is 6.26. The van der Waals surface area contributed by atoms with E-state index >= 15 is 0 Å². The number of hydrogen-bond acceptors (Lipinski definition) is 4. The van der Waals surface area contributed by atoms with Crippen molar-refractivity contribution >= 4 is 34.2 Å². The van der Waals surface area contributed by atoms with Crippen LogP contribution in [0.3, 0.4) is 0 Å². The molecule has 0 aliphatic carbocycles. The van der Waals surface area contributed by atoms with Gasteiger partial charge in [-0.25, -0.2) is 0 Å². The Bertz CT molecular complexity index is 310. The van der Waals surface area contributed by atoms with E-state index in [1.165, 1.54) is 24.3 Å². The predicted molar refractivity (Wildman–Crippen MR) is 56.4 cm³/mol. The van der Waals surface area contributed by atoms with Gasteiger partial charge in [-0.15, -0.1) is 4.91 Å². The molecule has 0 bridgehead atoms. The summed E-state index contributed by atoms with van der Waals surface area (Å²) in [5.41, 5.74) is 0.314. The van der Waals surface area contributed by atoms with Crippen LogP contribution in [0.4, 0.5) is 5.69 Å². The van der Waals surface area contributed by atoms with Gasteiger partial charge in [0.2, 0.25) is 0 Å². The van der Waals surface area contributed by atoms with E-state index in [1.54, 1.807) is 0 Å². The third-order valence-electron chi connectivity index (χ3n) is 1.28. The summed E-state index contributed by atoms with van der Waals surface area (Å²) in [6.45, 7) is 0. The van der Waals surface area contributed by atoms with Gasteiger partial charge in [0.25, 0.3) is 0 Å². The summed E-state index contributed by atoms with van der Waals surface area (Å²) in [7, 11) is 0. The quantitative estimate of drug-likeness (QED) is 0.282. The van der Waals surface area contributed by atoms with Gasteiger partial charge in [0, 0.05) is 0 Å². The van der Waals surface area contributed by atoms with E-state index in [0.717, 1.165) is 0 Å². The zero-order valence-electron chi connectivity index (χ0n) is 6.57. The molecule has 5 heteroatoms. The summed E-state index contributed by atoms with van der Waals surface area (Å²) >= 11 is 1.91. The Labute approximate surface area is 88.4 Å². The molecule has 0 spiro atoms. The minimum absolute atomic E-state index is 0.297. The third kappa shape index (κ3) is 3.10. The van der Waals surface area contributed by atoms with Crippen molar-refractivity contribution < 1.29 is 9.53 Å². The predicted octanol–water partition coefficient (Wildman–Crippen LogP) is 2.42. The van der Waals surface area contributed by atoms with Gasteiger partial charge in [-0.3, -0.25) is 4.79 Å². The van der Waals surface area contributed by atoms with Crippen molar-refractivity contribution in [2.45, 2.75) is 0 Å². The number of rotatable bonds is 3. The van der Waals surface area contributed by atoms with Crippen LogP contribution in [0.15, 0.2) is 29.4 Å². The molecule has 0 radical (unpaired) electrons. The minimum atomic E-state index is -0.313. The van der Waals surface area contributed by atoms with Crippen LogP contribution in [0.1, 0.15) is 0 Å². The molecule has 0 amide bonds. The Morgan fingerprint density at radius 1 is 1.38 bits per heavy atom. The van der Waals surface area contributed by atoms with Crippen molar-refractivity contribution in [1.82, 2.24) is 0 Å². The lowest BCUT2D eigenvalue weighted by Gasteiger charge is -2.00. The highest BCUT2D eigenvalue weighted by Crippen LogP contribution is 2.17. The van der Waals surface area contributed by atoms with E-state index in [9.17, 15) is 9.70 Å². The number of halogens is 1. The average Bonchev–Trinajstić information content (AvgIpc) is 2.19. The summed E-state index contributed by atoms with van der Waals surface area (Å²) in [6.07, 6.45) is 0. The van der Waals surface area contributed by atoms with E-state index in [1.807, 2.05) is 22.6 Å². The van der Waals surface area contributed by atoms with Crippen LogP contribution in [0.25, 0.3) is 0 Å². The molecule has 0 aliphatic rings. The third-order valence-corrected chi connectivity index (χ3v) is 1.91. The normalized spacial score (nSPS) is 9.31. The Hall–Kier alpha value is -0.980. The van der Waals surface area contributed by atoms with E-state index in [4.69, 9.17) is 4.74 Å². The number of alkyl halides is 1. The lowest BCUT2D eigenvalue weighted by atomic mass is 10.3. The largest absolute Gasteiger partial charge is 0.426 e. The fraction of sp³-hybridized carbons (Fsp3) is 0.125. The Kier molecular flexibility index (Phi) is 3.81. The van der Waals surface area contributed by atoms with Gasteiger partial charge >= 0.3 is 5.97 Å². The zero-order chi connectivity index (χ0) is 9.68. The molecule has 0 saturated heterocycles. The number of nitroso groups, excluding NO2 is 1. The van der Waals surface area contributed by atoms with Crippen LogP contribution in [-0.2, 0) is 4.79 Å². The van der Waals surface area contributed by atoms with Crippen molar-refractivity contribution in [3.05, 3.63) is 29.2 Å². The van der Waals surface area contributed by atoms with Crippen LogP contribution in [0, 0.1) is 4.91 Å². The maximum Gasteiger partial charge on any atom is 0.321 e. The van der Waals surface area contributed by atoms with Crippen molar-refractivity contribution in [3.63, 3.8) is 0 Å². The number of hydrogen-bond donors (Lipinski definition) is 0. The number of nitrogens with zero attached hydrogens (tertiary/aromatic N) is 1. The van der Waals surface area contributed by atoms with Gasteiger partial charge in [-0.2, -0.15) is 0 Å². The number of esters is 1. The van der Waals surface area contributed by atoms with E-state index in [-0.39, 0.29) is 5.97 Å². The van der Waals surface area contributed by atoms with Gasteiger partial charge in [-0.1, -0.05) is 22.6 Å². The molecule has 1 aromatic rings. The molecule has 1 aromatic carbocycles. The van der Waals surface area contributed by atoms with Gasteiger partial charge in [0.1, 0.15) is 11.4 Å². The molecule has 0 unspecified atom stereocenters. The monoisotopic (exact) mass is 291 g/mol. The molecule has 4 nitrogen and oxygen atoms in total. The van der Waals surface area contributed by atoms with Crippen LogP contribution >= 0.6 is 22.6 Å². The number of carbonyl (C=O) groups is 1. The first kappa shape index (κ1) is 10.1. The SMILES string of the molecule is O=Nc1ccc(OC(=O)CI)cc1. The molecular weight excluding hydrogens is 285 g/mol. The smallest absolute Gasteiger partial charge is 0.321 e. The fourth-order valence-electron chi connectivity index (χ4n) is 0.734. The van der Waals surface area contributed by atoms with Crippen LogP contribution in [0.5, 0.6) is 5.75 Å². The molecular formula is C8H6INO3. The van der Waals surface area contributed by atoms with Crippen LogP contribution in [-0.4, -0.2) is 10.4 Å². The first-order valence-electron chi connectivity index (χ1n) is 3.46. The maximum atomic E-state index is 10.8. The average molecular weight is 291 g/mol. The number of ether oxygens (including phenoxy) is 1. The highest BCUT2D eigenvalue weighted by molar-refractivity contribution is 14.1. The van der Waals surface area contributed by atoms with Gasteiger partial charge in [0.05, 0.1) is 4.43 Å². The van der Waals surface area contributed by atoms with Crippen molar-refractivity contribution in [2.75, 3.05) is 4.43 Å². The van der Waals surface area contributed by atoms with Gasteiger partial charge in [-0.05, 0) is 29.4 Å². The molecule has 68 valence electrons. The van der Waals surface area contributed by atoms with Crippen molar-refractivity contribution in [3.8, 4) is 5.75 Å². The lowest BCUT2D eigenvalue weighted by Crippen LogP contribution is -2.08. The molecule has 1 rings (SSSR count). The number of carbonyl (C=O) groups excluding carboxylic acids is 1. The van der Waals surface area contributed by atoms with Gasteiger partial charge < -0.3 is 4.74 Å². The maximum absolute atomic E-state index is 10.8. The summed E-state index contributed by atoms with van der Waals surface area (Å²) in [6, 6.07) is 6.04. The molecule has 13 heavy (non-hydrogen) atoms. The molecule has 0 saturated carbocycles. The number of benzene rings is 1. The summed E-state index contributed by atoms with van der Waals surface area (Å²) in [5.74, 6) is 0.112. The van der Waals surface area contributed by atoms with Crippen LogP contribution < -0.4 is 4.74 Å². The molecule has 0 aliphatic heterocycles. The highest BCUT2D eigenvalue weighted by Gasteiger charge is 2.01. The molecule has 0 N–H and O–H groups in total. The van der Waals surface area contributed by atoms with E-state index in [0.29, 0.717) is 15.9 Å². The highest BCUT2D eigenvalue weighted by atomic mass is 127. The Morgan fingerprint density at radius 3 is 2.46 bits per heavy atom. The van der Waals surface area contributed by atoms with Gasteiger partial charge in [0.15, 0.2) is 0 Å². The van der Waals surface area contributed by atoms with E-state index < -0.39 is 0 Å². The molecule has 0 fully saturated rings.